The van der Waals surface area contributed by atoms with Crippen molar-refractivity contribution in [3.8, 4) is 0 Å². The number of aryl methyl sites for hydroxylation is 1. The summed E-state index contributed by atoms with van der Waals surface area (Å²) in [6, 6.07) is 5.03. The van der Waals surface area contributed by atoms with E-state index in [1.807, 2.05) is 33.8 Å². The third kappa shape index (κ3) is 3.77. The molecule has 1 heterocycles. The van der Waals surface area contributed by atoms with Gasteiger partial charge in [0.2, 0.25) is 5.89 Å². The van der Waals surface area contributed by atoms with Crippen LogP contribution in [0.4, 0.5) is 16.1 Å². The van der Waals surface area contributed by atoms with E-state index in [2.05, 4.69) is 20.8 Å². The number of aromatic nitrogens is 2. The Morgan fingerprint density at radius 3 is 2.65 bits per heavy atom. The SMILES string of the molecule is Cc1cccc(F)c1Nc1nnc(CNC(C)(C)C)o1. The maximum Gasteiger partial charge on any atom is 0.320 e. The molecule has 1 aromatic carbocycles. The van der Waals surface area contributed by atoms with Gasteiger partial charge in [0.15, 0.2) is 0 Å². The van der Waals surface area contributed by atoms with Crippen molar-refractivity contribution in [2.75, 3.05) is 5.32 Å². The number of halogens is 1. The average molecular weight is 278 g/mol. The Morgan fingerprint density at radius 2 is 2.00 bits per heavy atom. The first-order chi connectivity index (χ1) is 9.35. The van der Waals surface area contributed by atoms with Gasteiger partial charge in [-0.05, 0) is 39.3 Å². The van der Waals surface area contributed by atoms with Crippen LogP contribution in [0, 0.1) is 12.7 Å². The van der Waals surface area contributed by atoms with E-state index in [1.54, 1.807) is 6.07 Å². The topological polar surface area (TPSA) is 63.0 Å². The molecular weight excluding hydrogens is 259 g/mol. The Bertz CT molecular complexity index is 569. The quantitative estimate of drug-likeness (QED) is 0.899. The van der Waals surface area contributed by atoms with Crippen molar-refractivity contribution in [2.24, 2.45) is 0 Å². The fourth-order valence-electron chi connectivity index (χ4n) is 1.61. The second kappa shape index (κ2) is 5.58. The molecule has 0 spiro atoms. The van der Waals surface area contributed by atoms with Gasteiger partial charge >= 0.3 is 6.01 Å². The summed E-state index contributed by atoms with van der Waals surface area (Å²) >= 11 is 0. The summed E-state index contributed by atoms with van der Waals surface area (Å²) in [4.78, 5) is 0. The summed E-state index contributed by atoms with van der Waals surface area (Å²) in [5, 5.41) is 13.8. The number of para-hydroxylation sites is 1. The molecule has 0 amide bonds. The van der Waals surface area contributed by atoms with Gasteiger partial charge in [-0.3, -0.25) is 0 Å². The normalized spacial score (nSPS) is 11.7. The monoisotopic (exact) mass is 278 g/mol. The van der Waals surface area contributed by atoms with Crippen LogP contribution in [0.25, 0.3) is 0 Å². The summed E-state index contributed by atoms with van der Waals surface area (Å²) in [6.45, 7) is 8.42. The molecule has 0 radical (unpaired) electrons. The minimum absolute atomic E-state index is 0.0375. The van der Waals surface area contributed by atoms with Crippen molar-refractivity contribution in [3.05, 3.63) is 35.5 Å². The number of hydrogen-bond donors (Lipinski definition) is 2. The molecule has 0 aliphatic rings. The van der Waals surface area contributed by atoms with E-state index in [9.17, 15) is 4.39 Å². The van der Waals surface area contributed by atoms with E-state index in [0.717, 1.165) is 5.56 Å². The molecule has 0 saturated carbocycles. The lowest BCUT2D eigenvalue weighted by molar-refractivity contribution is 0.384. The van der Waals surface area contributed by atoms with Gasteiger partial charge < -0.3 is 15.1 Å². The minimum Gasteiger partial charge on any atom is -0.406 e. The molecule has 0 aliphatic carbocycles. The van der Waals surface area contributed by atoms with Crippen LogP contribution in [0.2, 0.25) is 0 Å². The number of benzene rings is 1. The first-order valence-corrected chi connectivity index (χ1v) is 6.45. The van der Waals surface area contributed by atoms with Crippen LogP contribution < -0.4 is 10.6 Å². The van der Waals surface area contributed by atoms with Crippen LogP contribution in [0.1, 0.15) is 32.2 Å². The first kappa shape index (κ1) is 14.5. The first-order valence-electron chi connectivity index (χ1n) is 6.45. The van der Waals surface area contributed by atoms with Gasteiger partial charge in [-0.2, -0.15) is 0 Å². The molecule has 0 atom stereocenters. The molecule has 1 aromatic heterocycles. The molecule has 5 nitrogen and oxygen atoms in total. The Morgan fingerprint density at radius 1 is 1.25 bits per heavy atom. The van der Waals surface area contributed by atoms with E-state index in [1.165, 1.54) is 6.07 Å². The van der Waals surface area contributed by atoms with Gasteiger partial charge in [0, 0.05) is 5.54 Å². The van der Waals surface area contributed by atoms with E-state index in [0.29, 0.717) is 18.1 Å². The van der Waals surface area contributed by atoms with Crippen LogP contribution in [-0.4, -0.2) is 15.7 Å². The standard InChI is InChI=1S/C14H19FN4O/c1-9-6-5-7-10(15)12(9)17-13-19-18-11(20-13)8-16-14(2,3)4/h5-7,16H,8H2,1-4H3,(H,17,19). The Labute approximate surface area is 117 Å². The second-order valence-electron chi connectivity index (χ2n) is 5.66. The van der Waals surface area contributed by atoms with E-state index in [-0.39, 0.29) is 17.4 Å². The Balaban J connectivity index is 2.06. The summed E-state index contributed by atoms with van der Waals surface area (Å²) < 4.78 is 19.1. The molecule has 2 rings (SSSR count). The highest BCUT2D eigenvalue weighted by atomic mass is 19.1. The lowest BCUT2D eigenvalue weighted by Crippen LogP contribution is -2.35. The highest BCUT2D eigenvalue weighted by molar-refractivity contribution is 5.57. The van der Waals surface area contributed by atoms with Crippen LogP contribution in [0.15, 0.2) is 22.6 Å². The van der Waals surface area contributed by atoms with E-state index in [4.69, 9.17) is 4.42 Å². The maximum absolute atomic E-state index is 13.7. The molecule has 0 bridgehead atoms. The van der Waals surface area contributed by atoms with Gasteiger partial charge in [-0.1, -0.05) is 17.2 Å². The zero-order valence-electron chi connectivity index (χ0n) is 12.1. The summed E-state index contributed by atoms with van der Waals surface area (Å²) in [7, 11) is 0. The molecule has 0 unspecified atom stereocenters. The summed E-state index contributed by atoms with van der Waals surface area (Å²) in [5.41, 5.74) is 1.09. The van der Waals surface area contributed by atoms with Crippen LogP contribution in [-0.2, 0) is 6.54 Å². The van der Waals surface area contributed by atoms with Crippen LogP contribution in [0.5, 0.6) is 0 Å². The lowest BCUT2D eigenvalue weighted by Gasteiger charge is -2.18. The highest BCUT2D eigenvalue weighted by Crippen LogP contribution is 2.22. The maximum atomic E-state index is 13.7. The molecule has 0 saturated heterocycles. The molecule has 20 heavy (non-hydrogen) atoms. The molecule has 0 aliphatic heterocycles. The molecule has 108 valence electrons. The Hall–Kier alpha value is -1.95. The molecule has 2 N–H and O–H groups in total. The van der Waals surface area contributed by atoms with Gasteiger partial charge in [0.05, 0.1) is 12.2 Å². The van der Waals surface area contributed by atoms with Crippen molar-refractivity contribution >= 4 is 11.7 Å². The summed E-state index contributed by atoms with van der Waals surface area (Å²) in [6.07, 6.45) is 0. The number of nitrogens with one attached hydrogen (secondary N) is 2. The predicted octanol–water partition coefficient (Wildman–Crippen LogP) is 3.15. The number of rotatable bonds is 4. The van der Waals surface area contributed by atoms with E-state index < -0.39 is 0 Å². The number of anilines is 2. The van der Waals surface area contributed by atoms with Crippen molar-refractivity contribution < 1.29 is 8.81 Å². The largest absolute Gasteiger partial charge is 0.406 e. The van der Waals surface area contributed by atoms with Gasteiger partial charge in [0.25, 0.3) is 0 Å². The van der Waals surface area contributed by atoms with Crippen LogP contribution >= 0.6 is 0 Å². The lowest BCUT2D eigenvalue weighted by atomic mass is 10.1. The second-order valence-corrected chi connectivity index (χ2v) is 5.66. The molecule has 0 fully saturated rings. The van der Waals surface area contributed by atoms with Crippen molar-refractivity contribution in [1.82, 2.24) is 15.5 Å². The molecule has 2 aromatic rings. The number of hydrogen-bond acceptors (Lipinski definition) is 5. The van der Waals surface area contributed by atoms with Gasteiger partial charge in [0.1, 0.15) is 5.82 Å². The Kier molecular flexibility index (Phi) is 4.04. The van der Waals surface area contributed by atoms with Crippen LogP contribution in [0.3, 0.4) is 0 Å². The zero-order chi connectivity index (χ0) is 14.8. The molecule has 6 heteroatoms. The third-order valence-corrected chi connectivity index (χ3v) is 2.69. The van der Waals surface area contributed by atoms with Gasteiger partial charge in [-0.15, -0.1) is 5.10 Å². The van der Waals surface area contributed by atoms with Gasteiger partial charge in [-0.25, -0.2) is 4.39 Å². The average Bonchev–Trinajstić information content (AvgIpc) is 2.79. The third-order valence-electron chi connectivity index (χ3n) is 2.69. The fraction of sp³-hybridized carbons (Fsp3) is 0.429. The predicted molar refractivity (Wildman–Crippen MR) is 75.3 cm³/mol. The van der Waals surface area contributed by atoms with Crippen molar-refractivity contribution in [2.45, 2.75) is 39.8 Å². The highest BCUT2D eigenvalue weighted by Gasteiger charge is 2.13. The van der Waals surface area contributed by atoms with Crippen molar-refractivity contribution in [1.29, 1.82) is 0 Å². The minimum atomic E-state index is -0.349. The zero-order valence-corrected chi connectivity index (χ0v) is 12.1. The van der Waals surface area contributed by atoms with E-state index >= 15 is 0 Å². The smallest absolute Gasteiger partial charge is 0.320 e. The summed E-state index contributed by atoms with van der Waals surface area (Å²) in [5.74, 6) is 0.106. The van der Waals surface area contributed by atoms with Crippen molar-refractivity contribution in [3.63, 3.8) is 0 Å². The fourth-order valence-corrected chi connectivity index (χ4v) is 1.61. The number of nitrogens with zero attached hydrogens (tertiary/aromatic N) is 2. The molecular formula is C14H19FN4O.